The van der Waals surface area contributed by atoms with E-state index in [2.05, 4.69) is 27.7 Å². The summed E-state index contributed by atoms with van der Waals surface area (Å²) in [6, 6.07) is 0. The van der Waals surface area contributed by atoms with Crippen LogP contribution in [0, 0.1) is 0 Å². The Balaban J connectivity index is 0. The molecule has 2 nitrogen and oxygen atoms in total. The van der Waals surface area contributed by atoms with E-state index in [0.29, 0.717) is 0 Å². The van der Waals surface area contributed by atoms with E-state index in [9.17, 15) is 0 Å². The van der Waals surface area contributed by atoms with Gasteiger partial charge in [0.2, 0.25) is 0 Å². The molecule has 0 aromatic rings. The lowest BCUT2D eigenvalue weighted by Gasteiger charge is -2.08. The molecule has 0 aromatic carbocycles. The fourth-order valence-electron chi connectivity index (χ4n) is 3.19. The van der Waals surface area contributed by atoms with Gasteiger partial charge in [-0.25, -0.2) is 0 Å². The van der Waals surface area contributed by atoms with Gasteiger partial charge in [0.1, 0.15) is 0 Å². The van der Waals surface area contributed by atoms with Gasteiger partial charge in [0, 0.05) is 0 Å². The Morgan fingerprint density at radius 1 is 0.636 bits per heavy atom. The SMILES string of the molecule is CCCCCCCCCCCCCCC1(C)OC1(C)C.Cl.N. The van der Waals surface area contributed by atoms with Gasteiger partial charge in [-0.2, -0.15) is 0 Å². The monoisotopic (exact) mass is 335 g/mol. The van der Waals surface area contributed by atoms with Gasteiger partial charge in [0.15, 0.2) is 0 Å². The van der Waals surface area contributed by atoms with E-state index in [-0.39, 0.29) is 29.8 Å². The number of rotatable bonds is 13. The minimum Gasteiger partial charge on any atom is -0.363 e. The normalized spacial score (nSPS) is 21.8. The topological polar surface area (TPSA) is 47.5 Å². The van der Waals surface area contributed by atoms with Gasteiger partial charge in [-0.3, -0.25) is 0 Å². The molecule has 22 heavy (non-hydrogen) atoms. The van der Waals surface area contributed by atoms with Crippen molar-refractivity contribution in [1.82, 2.24) is 6.15 Å². The van der Waals surface area contributed by atoms with E-state index >= 15 is 0 Å². The zero-order chi connectivity index (χ0) is 14.9. The zero-order valence-electron chi connectivity index (χ0n) is 15.7. The van der Waals surface area contributed by atoms with Gasteiger partial charge in [0.25, 0.3) is 0 Å². The second-order valence-electron chi connectivity index (χ2n) is 7.48. The number of unbranched alkanes of at least 4 members (excludes halogenated alkanes) is 11. The van der Waals surface area contributed by atoms with Crippen LogP contribution in [0.5, 0.6) is 0 Å². The molecule has 1 saturated heterocycles. The summed E-state index contributed by atoms with van der Waals surface area (Å²) in [5.74, 6) is 0. The quantitative estimate of drug-likeness (QED) is 0.285. The Morgan fingerprint density at radius 3 is 1.27 bits per heavy atom. The van der Waals surface area contributed by atoms with Crippen LogP contribution in [0.25, 0.3) is 0 Å². The average Bonchev–Trinajstić information content (AvgIpc) is 2.90. The van der Waals surface area contributed by atoms with E-state index in [1.54, 1.807) is 0 Å². The van der Waals surface area contributed by atoms with Crippen molar-refractivity contribution < 1.29 is 4.74 Å². The molecule has 1 rings (SSSR count). The van der Waals surface area contributed by atoms with E-state index in [4.69, 9.17) is 4.74 Å². The Kier molecular flexibility index (Phi) is 14.0. The highest BCUT2D eigenvalue weighted by molar-refractivity contribution is 5.85. The highest BCUT2D eigenvalue weighted by Crippen LogP contribution is 2.50. The van der Waals surface area contributed by atoms with Crippen molar-refractivity contribution in [2.24, 2.45) is 0 Å². The Labute approximate surface area is 146 Å². The van der Waals surface area contributed by atoms with Crippen LogP contribution in [0.4, 0.5) is 0 Å². The van der Waals surface area contributed by atoms with Crippen LogP contribution in [-0.2, 0) is 4.74 Å². The highest BCUT2D eigenvalue weighted by atomic mass is 35.5. The van der Waals surface area contributed by atoms with E-state index < -0.39 is 0 Å². The maximum absolute atomic E-state index is 5.79. The van der Waals surface area contributed by atoms with Gasteiger partial charge in [0.05, 0.1) is 11.2 Å². The molecule has 1 heterocycles. The van der Waals surface area contributed by atoms with Crippen molar-refractivity contribution in [1.29, 1.82) is 0 Å². The lowest BCUT2D eigenvalue weighted by Crippen LogP contribution is -2.15. The molecule has 0 bridgehead atoms. The van der Waals surface area contributed by atoms with E-state index in [0.717, 1.165) is 0 Å². The lowest BCUT2D eigenvalue weighted by molar-refractivity contribution is 0.273. The van der Waals surface area contributed by atoms with Crippen molar-refractivity contribution >= 4 is 12.4 Å². The van der Waals surface area contributed by atoms with Crippen molar-refractivity contribution in [2.75, 3.05) is 0 Å². The first-order valence-electron chi connectivity index (χ1n) is 9.22. The van der Waals surface area contributed by atoms with Gasteiger partial charge < -0.3 is 10.9 Å². The molecule has 0 aromatic heterocycles. The molecule has 1 aliphatic rings. The van der Waals surface area contributed by atoms with Gasteiger partial charge >= 0.3 is 0 Å². The molecule has 0 radical (unpaired) electrons. The maximum atomic E-state index is 5.79. The number of ether oxygens (including phenoxy) is 1. The molecule has 1 aliphatic heterocycles. The summed E-state index contributed by atoms with van der Waals surface area (Å²) in [6.07, 6.45) is 18.4. The van der Waals surface area contributed by atoms with E-state index in [1.165, 1.54) is 83.5 Å². The van der Waals surface area contributed by atoms with Gasteiger partial charge in [-0.05, 0) is 27.2 Å². The summed E-state index contributed by atoms with van der Waals surface area (Å²) in [4.78, 5) is 0. The molecular formula is C19H42ClNO. The largest absolute Gasteiger partial charge is 0.363 e. The first-order valence-corrected chi connectivity index (χ1v) is 9.22. The molecule has 0 spiro atoms. The van der Waals surface area contributed by atoms with Crippen LogP contribution in [0.1, 0.15) is 111 Å². The summed E-state index contributed by atoms with van der Waals surface area (Å²) >= 11 is 0. The molecule has 1 atom stereocenters. The summed E-state index contributed by atoms with van der Waals surface area (Å²) in [7, 11) is 0. The van der Waals surface area contributed by atoms with Crippen LogP contribution < -0.4 is 6.15 Å². The van der Waals surface area contributed by atoms with Crippen molar-refractivity contribution in [3.8, 4) is 0 Å². The third kappa shape index (κ3) is 9.37. The Bertz CT molecular complexity index is 258. The molecule has 0 aliphatic carbocycles. The van der Waals surface area contributed by atoms with Crippen molar-refractivity contribution in [2.45, 2.75) is 122 Å². The van der Waals surface area contributed by atoms with Crippen molar-refractivity contribution in [3.05, 3.63) is 0 Å². The van der Waals surface area contributed by atoms with Gasteiger partial charge in [-0.1, -0.05) is 84.0 Å². The van der Waals surface area contributed by atoms with Crippen LogP contribution >= 0.6 is 12.4 Å². The second kappa shape index (κ2) is 12.6. The Hall–Kier alpha value is 0.210. The molecule has 3 N–H and O–H groups in total. The Morgan fingerprint density at radius 2 is 0.955 bits per heavy atom. The molecular weight excluding hydrogens is 294 g/mol. The summed E-state index contributed by atoms with van der Waals surface area (Å²) in [5.41, 5.74) is 0.330. The fourth-order valence-corrected chi connectivity index (χ4v) is 3.19. The zero-order valence-corrected chi connectivity index (χ0v) is 16.5. The average molecular weight is 336 g/mol. The van der Waals surface area contributed by atoms with E-state index in [1.807, 2.05) is 0 Å². The highest BCUT2D eigenvalue weighted by Gasteiger charge is 2.58. The number of hydrogen-bond acceptors (Lipinski definition) is 2. The van der Waals surface area contributed by atoms with Gasteiger partial charge in [-0.15, -0.1) is 12.4 Å². The van der Waals surface area contributed by atoms with Crippen LogP contribution in [0.15, 0.2) is 0 Å². The first kappa shape index (κ1) is 24.5. The standard InChI is InChI=1S/C19H38O.ClH.H3N/c1-5-6-7-8-9-10-11-12-13-14-15-16-17-19(4)18(2,3)20-19;;/h5-17H2,1-4H3;1H;1H3. The number of epoxide rings is 1. The molecule has 136 valence electrons. The smallest absolute Gasteiger partial charge is 0.0946 e. The third-order valence-electron chi connectivity index (χ3n) is 5.22. The molecule has 0 amide bonds. The first-order chi connectivity index (χ1) is 9.52. The maximum Gasteiger partial charge on any atom is 0.0946 e. The molecule has 3 heteroatoms. The molecule has 1 unspecified atom stereocenters. The summed E-state index contributed by atoms with van der Waals surface area (Å²) < 4.78 is 5.79. The summed E-state index contributed by atoms with van der Waals surface area (Å²) in [6.45, 7) is 8.99. The molecule has 0 saturated carbocycles. The van der Waals surface area contributed by atoms with Crippen LogP contribution in [0.3, 0.4) is 0 Å². The minimum atomic E-state index is 0. The number of hydrogen-bond donors (Lipinski definition) is 1. The van der Waals surface area contributed by atoms with Crippen LogP contribution in [0.2, 0.25) is 0 Å². The third-order valence-corrected chi connectivity index (χ3v) is 5.22. The minimum absolute atomic E-state index is 0. The lowest BCUT2D eigenvalue weighted by atomic mass is 9.92. The second-order valence-corrected chi connectivity index (χ2v) is 7.48. The van der Waals surface area contributed by atoms with Crippen molar-refractivity contribution in [3.63, 3.8) is 0 Å². The summed E-state index contributed by atoms with van der Waals surface area (Å²) in [5, 5.41) is 0. The van der Waals surface area contributed by atoms with Crippen LogP contribution in [-0.4, -0.2) is 11.2 Å². The predicted octanol–water partition coefficient (Wildman–Crippen LogP) is 7.23. The predicted molar refractivity (Wildman–Crippen MR) is 102 cm³/mol. The number of halogens is 1. The molecule has 1 fully saturated rings. The fraction of sp³-hybridized carbons (Fsp3) is 1.00.